The monoisotopic (exact) mass is 457 g/mol. The molecule has 7 heteroatoms. The molecular formula is C18H28IN5O. The van der Waals surface area contributed by atoms with Gasteiger partial charge in [-0.25, -0.2) is 0 Å². The average molecular weight is 457 g/mol. The molecule has 0 fully saturated rings. The minimum atomic E-state index is 0. The van der Waals surface area contributed by atoms with Gasteiger partial charge in [0, 0.05) is 46.0 Å². The molecule has 2 rings (SSSR count). The van der Waals surface area contributed by atoms with E-state index in [0.717, 1.165) is 35.9 Å². The highest BCUT2D eigenvalue weighted by Crippen LogP contribution is 2.19. The Balaban J connectivity index is 0.00000312. The summed E-state index contributed by atoms with van der Waals surface area (Å²) in [7, 11) is 5.74. The molecule has 0 saturated heterocycles. The molecule has 1 aromatic heterocycles. The van der Waals surface area contributed by atoms with Gasteiger partial charge in [0.2, 0.25) is 0 Å². The molecule has 0 saturated carbocycles. The summed E-state index contributed by atoms with van der Waals surface area (Å²) in [6.07, 6.45) is 3.89. The third-order valence-corrected chi connectivity index (χ3v) is 3.74. The number of benzene rings is 1. The summed E-state index contributed by atoms with van der Waals surface area (Å²) in [5, 5.41) is 7.60. The van der Waals surface area contributed by atoms with Crippen LogP contribution in [-0.2, 0) is 20.1 Å². The summed E-state index contributed by atoms with van der Waals surface area (Å²) in [5.41, 5.74) is 3.50. The van der Waals surface area contributed by atoms with Crippen molar-refractivity contribution in [1.29, 1.82) is 0 Å². The van der Waals surface area contributed by atoms with E-state index in [0.29, 0.717) is 6.61 Å². The topological polar surface area (TPSA) is 54.7 Å². The van der Waals surface area contributed by atoms with Crippen molar-refractivity contribution in [3.05, 3.63) is 47.3 Å². The molecule has 0 atom stereocenters. The Labute approximate surface area is 167 Å². The van der Waals surface area contributed by atoms with Gasteiger partial charge in [-0.05, 0) is 31.0 Å². The molecule has 0 unspecified atom stereocenters. The van der Waals surface area contributed by atoms with Gasteiger partial charge in [-0.1, -0.05) is 12.1 Å². The Hall–Kier alpha value is -1.77. The van der Waals surface area contributed by atoms with Gasteiger partial charge in [0.05, 0.1) is 12.8 Å². The van der Waals surface area contributed by atoms with Crippen LogP contribution in [0.25, 0.3) is 0 Å². The molecule has 0 bridgehead atoms. The first-order valence-corrected chi connectivity index (χ1v) is 8.15. The predicted molar refractivity (Wildman–Crippen MR) is 113 cm³/mol. The Bertz CT molecular complexity index is 699. The molecule has 25 heavy (non-hydrogen) atoms. The van der Waals surface area contributed by atoms with E-state index in [1.54, 1.807) is 7.05 Å². The van der Waals surface area contributed by atoms with Crippen LogP contribution in [0.3, 0.4) is 0 Å². The van der Waals surface area contributed by atoms with Crippen LogP contribution in [0.5, 0.6) is 5.75 Å². The van der Waals surface area contributed by atoms with E-state index in [1.165, 1.54) is 5.56 Å². The number of aromatic nitrogens is 2. The number of halogens is 1. The second-order valence-electron chi connectivity index (χ2n) is 5.81. The lowest BCUT2D eigenvalue weighted by Crippen LogP contribution is -2.38. The third kappa shape index (κ3) is 6.22. The quantitative estimate of drug-likeness (QED) is 0.412. The highest BCUT2D eigenvalue weighted by molar-refractivity contribution is 14.0. The fourth-order valence-corrected chi connectivity index (χ4v) is 2.61. The van der Waals surface area contributed by atoms with Crippen molar-refractivity contribution in [3.8, 4) is 5.75 Å². The first kappa shape index (κ1) is 21.3. The normalized spacial score (nSPS) is 11.0. The van der Waals surface area contributed by atoms with Crippen molar-refractivity contribution in [2.45, 2.75) is 26.9 Å². The second kappa shape index (κ2) is 10.3. The Morgan fingerprint density at radius 2 is 2.12 bits per heavy atom. The number of aryl methyl sites for hydroxylation is 2. The van der Waals surface area contributed by atoms with Gasteiger partial charge in [0.15, 0.2) is 5.96 Å². The molecule has 0 radical (unpaired) electrons. The highest BCUT2D eigenvalue weighted by atomic mass is 127. The lowest BCUT2D eigenvalue weighted by molar-refractivity contribution is 0.338. The van der Waals surface area contributed by atoms with Crippen LogP contribution >= 0.6 is 24.0 Å². The minimum absolute atomic E-state index is 0. The van der Waals surface area contributed by atoms with E-state index >= 15 is 0 Å². The van der Waals surface area contributed by atoms with Gasteiger partial charge in [-0.15, -0.1) is 24.0 Å². The van der Waals surface area contributed by atoms with Crippen LogP contribution in [0.2, 0.25) is 0 Å². The minimum Gasteiger partial charge on any atom is -0.494 e. The Kier molecular flexibility index (Phi) is 8.74. The maximum atomic E-state index is 5.58. The molecule has 0 aliphatic carbocycles. The fourth-order valence-electron chi connectivity index (χ4n) is 2.61. The van der Waals surface area contributed by atoms with Crippen LogP contribution in [0.4, 0.5) is 0 Å². The molecule has 138 valence electrons. The number of guanidine groups is 1. The van der Waals surface area contributed by atoms with Crippen molar-refractivity contribution >= 4 is 29.9 Å². The van der Waals surface area contributed by atoms with E-state index in [4.69, 9.17) is 4.74 Å². The first-order chi connectivity index (χ1) is 11.5. The molecule has 0 aliphatic rings. The number of aliphatic imine (C=N–C) groups is 1. The number of hydrogen-bond acceptors (Lipinski definition) is 3. The van der Waals surface area contributed by atoms with Crippen LogP contribution < -0.4 is 10.1 Å². The smallest absolute Gasteiger partial charge is 0.193 e. The summed E-state index contributed by atoms with van der Waals surface area (Å²) >= 11 is 0. The highest BCUT2D eigenvalue weighted by Gasteiger charge is 2.08. The average Bonchev–Trinajstić information content (AvgIpc) is 2.95. The maximum Gasteiger partial charge on any atom is 0.193 e. The van der Waals surface area contributed by atoms with Crippen molar-refractivity contribution in [2.24, 2.45) is 12.0 Å². The predicted octanol–water partition coefficient (Wildman–Crippen LogP) is 2.95. The maximum absolute atomic E-state index is 5.58. The summed E-state index contributed by atoms with van der Waals surface area (Å²) < 4.78 is 7.39. The fraction of sp³-hybridized carbons (Fsp3) is 0.444. The van der Waals surface area contributed by atoms with Crippen molar-refractivity contribution < 1.29 is 4.74 Å². The molecular weight excluding hydrogens is 429 g/mol. The van der Waals surface area contributed by atoms with Crippen molar-refractivity contribution in [3.63, 3.8) is 0 Å². The molecule has 2 aromatic rings. The standard InChI is InChI=1S/C18H27N5O.HI/c1-6-24-17-8-7-15(9-14(17)2)10-20-18(19-3)22(4)12-16-11-21-23(5)13-16;/h7-9,11,13H,6,10,12H2,1-5H3,(H,19,20);1H. The lowest BCUT2D eigenvalue weighted by Gasteiger charge is -2.21. The van der Waals surface area contributed by atoms with E-state index in [9.17, 15) is 0 Å². The Morgan fingerprint density at radius 3 is 2.68 bits per heavy atom. The van der Waals surface area contributed by atoms with Crippen molar-refractivity contribution in [1.82, 2.24) is 20.0 Å². The van der Waals surface area contributed by atoms with Gasteiger partial charge in [0.25, 0.3) is 0 Å². The zero-order valence-electron chi connectivity index (χ0n) is 15.6. The van der Waals surface area contributed by atoms with Crippen LogP contribution in [-0.4, -0.2) is 41.3 Å². The number of nitrogens with zero attached hydrogens (tertiary/aromatic N) is 4. The zero-order valence-corrected chi connectivity index (χ0v) is 17.9. The molecule has 0 aliphatic heterocycles. The third-order valence-electron chi connectivity index (χ3n) is 3.74. The van der Waals surface area contributed by atoms with Crippen LogP contribution in [0.1, 0.15) is 23.6 Å². The van der Waals surface area contributed by atoms with Gasteiger partial charge >= 0.3 is 0 Å². The molecule has 0 spiro atoms. The van der Waals surface area contributed by atoms with Crippen molar-refractivity contribution in [2.75, 3.05) is 20.7 Å². The summed E-state index contributed by atoms with van der Waals surface area (Å²) in [6, 6.07) is 6.25. The lowest BCUT2D eigenvalue weighted by atomic mass is 10.1. The van der Waals surface area contributed by atoms with Gasteiger partial charge in [0.1, 0.15) is 5.75 Å². The zero-order chi connectivity index (χ0) is 17.5. The first-order valence-electron chi connectivity index (χ1n) is 8.15. The number of hydrogen-bond donors (Lipinski definition) is 1. The van der Waals surface area contributed by atoms with E-state index in [1.807, 2.05) is 44.2 Å². The number of nitrogens with one attached hydrogen (secondary N) is 1. The molecule has 0 amide bonds. The van der Waals surface area contributed by atoms with Gasteiger partial charge in [-0.3, -0.25) is 9.67 Å². The SMILES string of the molecule is CCOc1ccc(CNC(=NC)N(C)Cc2cnn(C)c2)cc1C.I. The number of ether oxygens (including phenoxy) is 1. The van der Waals surface area contributed by atoms with Gasteiger partial charge < -0.3 is 15.0 Å². The number of rotatable bonds is 6. The van der Waals surface area contributed by atoms with E-state index < -0.39 is 0 Å². The summed E-state index contributed by atoms with van der Waals surface area (Å²) in [6.45, 7) is 6.23. The molecule has 1 N–H and O–H groups in total. The summed E-state index contributed by atoms with van der Waals surface area (Å²) in [4.78, 5) is 6.44. The van der Waals surface area contributed by atoms with Gasteiger partial charge in [-0.2, -0.15) is 5.10 Å². The molecule has 1 heterocycles. The summed E-state index contributed by atoms with van der Waals surface area (Å²) in [5.74, 6) is 1.80. The second-order valence-corrected chi connectivity index (χ2v) is 5.81. The van der Waals surface area contributed by atoms with Crippen LogP contribution in [0, 0.1) is 6.92 Å². The molecule has 6 nitrogen and oxygen atoms in total. The Morgan fingerprint density at radius 1 is 1.36 bits per heavy atom. The van der Waals surface area contributed by atoms with E-state index in [-0.39, 0.29) is 24.0 Å². The molecule has 1 aromatic carbocycles. The van der Waals surface area contributed by atoms with Crippen LogP contribution in [0.15, 0.2) is 35.6 Å². The van der Waals surface area contributed by atoms with E-state index in [2.05, 4.69) is 39.4 Å². The largest absolute Gasteiger partial charge is 0.494 e.